The monoisotopic (exact) mass is 348 g/mol. The third kappa shape index (κ3) is 2.92. The number of carbonyl (C=O) groups is 2. The normalized spacial score (nSPS) is 42.6. The van der Waals surface area contributed by atoms with Crippen molar-refractivity contribution in [2.45, 2.75) is 71.2 Å². The zero-order valence-electron chi connectivity index (χ0n) is 15.7. The van der Waals surface area contributed by atoms with Gasteiger partial charge in [-0.05, 0) is 53.9 Å². The van der Waals surface area contributed by atoms with Gasteiger partial charge in [-0.25, -0.2) is 9.59 Å². The van der Waals surface area contributed by atoms with Crippen LogP contribution in [0.15, 0.2) is 23.3 Å². The predicted molar refractivity (Wildman–Crippen MR) is 92.5 cm³/mol. The smallest absolute Gasteiger partial charge is 0.351 e. The number of fused-ring (bicyclic) bond motifs is 3. The number of hydrogen-bond donors (Lipinski definition) is 1. The molecule has 5 nitrogen and oxygen atoms in total. The van der Waals surface area contributed by atoms with E-state index in [1.807, 2.05) is 13.8 Å². The molecule has 2 fully saturated rings. The van der Waals surface area contributed by atoms with Crippen LogP contribution in [0.25, 0.3) is 0 Å². The fourth-order valence-electron chi connectivity index (χ4n) is 4.82. The summed E-state index contributed by atoms with van der Waals surface area (Å²) in [5.41, 5.74) is -0.160. The van der Waals surface area contributed by atoms with Crippen molar-refractivity contribution in [3.63, 3.8) is 0 Å². The molecule has 2 aliphatic carbocycles. The van der Waals surface area contributed by atoms with E-state index in [1.54, 1.807) is 20.8 Å². The maximum absolute atomic E-state index is 12.7. The van der Waals surface area contributed by atoms with E-state index in [1.165, 1.54) is 6.08 Å². The van der Waals surface area contributed by atoms with Crippen LogP contribution in [0, 0.1) is 17.8 Å². The molecule has 0 bridgehead atoms. The van der Waals surface area contributed by atoms with E-state index in [4.69, 9.17) is 9.47 Å². The zero-order valence-corrected chi connectivity index (χ0v) is 15.7. The molecule has 3 rings (SSSR count). The highest BCUT2D eigenvalue weighted by molar-refractivity contribution is 5.89. The van der Waals surface area contributed by atoms with Gasteiger partial charge in [0.1, 0.15) is 6.10 Å². The summed E-state index contributed by atoms with van der Waals surface area (Å²) in [5, 5.41) is 10.9. The minimum atomic E-state index is -1.30. The Kier molecular flexibility index (Phi) is 4.34. The van der Waals surface area contributed by atoms with Crippen molar-refractivity contribution in [3.8, 4) is 0 Å². The number of hydrogen-bond acceptors (Lipinski definition) is 5. The fraction of sp³-hybridized carbons (Fsp3) is 0.700. The van der Waals surface area contributed by atoms with Gasteiger partial charge in [0.2, 0.25) is 5.60 Å². The highest BCUT2D eigenvalue weighted by Gasteiger charge is 2.63. The average Bonchev–Trinajstić information content (AvgIpc) is 2.92. The molecule has 6 atom stereocenters. The molecular weight excluding hydrogens is 320 g/mol. The molecule has 1 saturated heterocycles. The lowest BCUT2D eigenvalue weighted by molar-refractivity contribution is -0.171. The van der Waals surface area contributed by atoms with Crippen molar-refractivity contribution in [2.24, 2.45) is 17.8 Å². The standard InChI is InChI=1S/C20H28O5/c1-11(2)10-15(21)25-20(5)14-8-9-19(4,23)13-7-6-12(3)16(13)17(14)24-18(20)22/h6,10,13-14,16-17,23H,7-9H2,1-5H3. The highest BCUT2D eigenvalue weighted by atomic mass is 16.6. The van der Waals surface area contributed by atoms with Gasteiger partial charge in [0, 0.05) is 23.8 Å². The van der Waals surface area contributed by atoms with Crippen LogP contribution in [0.1, 0.15) is 53.9 Å². The second-order valence-corrected chi connectivity index (χ2v) is 8.44. The van der Waals surface area contributed by atoms with Crippen LogP contribution in [0.2, 0.25) is 0 Å². The van der Waals surface area contributed by atoms with E-state index in [0.29, 0.717) is 12.8 Å². The number of esters is 2. The van der Waals surface area contributed by atoms with Crippen LogP contribution >= 0.6 is 0 Å². The first-order chi connectivity index (χ1) is 11.6. The lowest BCUT2D eigenvalue weighted by Crippen LogP contribution is -2.44. The summed E-state index contributed by atoms with van der Waals surface area (Å²) < 4.78 is 11.4. The molecule has 0 aromatic rings. The fourth-order valence-corrected chi connectivity index (χ4v) is 4.82. The molecule has 0 aromatic heterocycles. The van der Waals surface area contributed by atoms with E-state index in [-0.39, 0.29) is 23.9 Å². The lowest BCUT2D eigenvalue weighted by Gasteiger charge is -2.34. The van der Waals surface area contributed by atoms with E-state index in [0.717, 1.165) is 17.6 Å². The summed E-state index contributed by atoms with van der Waals surface area (Å²) in [4.78, 5) is 24.8. The van der Waals surface area contributed by atoms with Gasteiger partial charge in [-0.1, -0.05) is 17.2 Å². The van der Waals surface area contributed by atoms with Crippen LogP contribution < -0.4 is 0 Å². The Labute approximate surface area is 149 Å². The first-order valence-electron chi connectivity index (χ1n) is 9.04. The van der Waals surface area contributed by atoms with Crippen molar-refractivity contribution in [1.29, 1.82) is 0 Å². The molecule has 0 spiro atoms. The maximum Gasteiger partial charge on any atom is 0.351 e. The highest BCUT2D eigenvalue weighted by Crippen LogP contribution is 2.54. The largest absolute Gasteiger partial charge is 0.458 e. The molecule has 0 radical (unpaired) electrons. The van der Waals surface area contributed by atoms with E-state index >= 15 is 0 Å². The Morgan fingerprint density at radius 1 is 1.36 bits per heavy atom. The third-order valence-electron chi connectivity index (χ3n) is 6.24. The number of carbonyl (C=O) groups excluding carboxylic acids is 2. The van der Waals surface area contributed by atoms with Gasteiger partial charge < -0.3 is 14.6 Å². The van der Waals surface area contributed by atoms with E-state index in [2.05, 4.69) is 6.08 Å². The molecular formula is C20H28O5. The summed E-state index contributed by atoms with van der Waals surface area (Å²) in [6, 6.07) is 0. The minimum absolute atomic E-state index is 0.0181. The van der Waals surface area contributed by atoms with Gasteiger partial charge in [0.15, 0.2) is 0 Å². The molecule has 0 amide bonds. The van der Waals surface area contributed by atoms with Crippen LogP contribution in [0.4, 0.5) is 0 Å². The molecule has 0 aromatic carbocycles. The van der Waals surface area contributed by atoms with Crippen molar-refractivity contribution < 1.29 is 24.2 Å². The van der Waals surface area contributed by atoms with E-state index in [9.17, 15) is 14.7 Å². The summed E-state index contributed by atoms with van der Waals surface area (Å²) in [6.07, 6.45) is 5.10. The molecule has 25 heavy (non-hydrogen) atoms. The average molecular weight is 348 g/mol. The summed E-state index contributed by atoms with van der Waals surface area (Å²) in [7, 11) is 0. The summed E-state index contributed by atoms with van der Waals surface area (Å²) in [5.74, 6) is -1.23. The minimum Gasteiger partial charge on any atom is -0.458 e. The topological polar surface area (TPSA) is 72.8 Å². The van der Waals surface area contributed by atoms with Gasteiger partial charge >= 0.3 is 11.9 Å². The first-order valence-corrected chi connectivity index (χ1v) is 9.04. The van der Waals surface area contributed by atoms with Crippen molar-refractivity contribution >= 4 is 11.9 Å². The van der Waals surface area contributed by atoms with Crippen LogP contribution in [0.5, 0.6) is 0 Å². The molecule has 1 aliphatic heterocycles. The second-order valence-electron chi connectivity index (χ2n) is 8.44. The summed E-state index contributed by atoms with van der Waals surface area (Å²) >= 11 is 0. The van der Waals surface area contributed by atoms with Crippen LogP contribution in [0.3, 0.4) is 0 Å². The quantitative estimate of drug-likeness (QED) is 0.472. The van der Waals surface area contributed by atoms with Crippen LogP contribution in [-0.2, 0) is 19.1 Å². The van der Waals surface area contributed by atoms with Crippen molar-refractivity contribution in [2.75, 3.05) is 0 Å². The van der Waals surface area contributed by atoms with Gasteiger partial charge in [-0.3, -0.25) is 0 Å². The Hall–Kier alpha value is -1.62. The molecule has 138 valence electrons. The molecule has 5 heteroatoms. The van der Waals surface area contributed by atoms with Crippen molar-refractivity contribution in [3.05, 3.63) is 23.3 Å². The Balaban J connectivity index is 1.95. The Morgan fingerprint density at radius 2 is 2.04 bits per heavy atom. The second kappa shape index (κ2) is 5.97. The molecule has 1 heterocycles. The van der Waals surface area contributed by atoms with Crippen LogP contribution in [-0.4, -0.2) is 34.4 Å². The molecule has 1 saturated carbocycles. The number of ether oxygens (including phenoxy) is 2. The molecule has 1 N–H and O–H groups in total. The lowest BCUT2D eigenvalue weighted by atomic mass is 9.75. The Morgan fingerprint density at radius 3 is 2.68 bits per heavy atom. The third-order valence-corrected chi connectivity index (χ3v) is 6.24. The first kappa shape index (κ1) is 18.2. The van der Waals surface area contributed by atoms with Gasteiger partial charge in [0.05, 0.1) is 5.60 Å². The van der Waals surface area contributed by atoms with E-state index < -0.39 is 23.1 Å². The molecule has 3 aliphatic rings. The summed E-state index contributed by atoms with van der Waals surface area (Å²) in [6.45, 7) is 9.16. The van der Waals surface area contributed by atoms with Crippen molar-refractivity contribution in [1.82, 2.24) is 0 Å². The SMILES string of the molecule is CC(C)=CC(=O)OC1(C)C(=O)OC2C3C(C)=CCC3C(C)(O)CCC21. The van der Waals surface area contributed by atoms with Gasteiger partial charge in [-0.15, -0.1) is 0 Å². The maximum atomic E-state index is 12.7. The van der Waals surface area contributed by atoms with Gasteiger partial charge in [-0.2, -0.15) is 0 Å². The zero-order chi connectivity index (χ0) is 18.6. The Bertz CT molecular complexity index is 655. The number of allylic oxidation sites excluding steroid dienone is 2. The number of aliphatic hydroxyl groups is 1. The number of rotatable bonds is 2. The predicted octanol–water partition coefficient (Wildman–Crippen LogP) is 2.92. The van der Waals surface area contributed by atoms with Gasteiger partial charge in [0.25, 0.3) is 0 Å². The molecule has 6 unspecified atom stereocenters.